The van der Waals surface area contributed by atoms with Crippen molar-refractivity contribution in [3.8, 4) is 12.3 Å². The van der Waals surface area contributed by atoms with E-state index in [0.717, 1.165) is 19.3 Å². The predicted octanol–water partition coefficient (Wildman–Crippen LogP) is 0.811. The third-order valence-corrected chi connectivity index (χ3v) is 1.69. The van der Waals surface area contributed by atoms with Crippen LogP contribution in [-0.4, -0.2) is 19.0 Å². The number of terminal acetylenes is 1. The van der Waals surface area contributed by atoms with Crippen LogP contribution in [0.25, 0.3) is 0 Å². The normalized spacial score (nSPS) is 10.0. The maximum atomic E-state index is 11.1. The highest BCUT2D eigenvalue weighted by atomic mass is 16.1. The molecule has 0 unspecified atom stereocenters. The van der Waals surface area contributed by atoms with Crippen LogP contribution in [0.2, 0.25) is 0 Å². The van der Waals surface area contributed by atoms with Gasteiger partial charge in [-0.3, -0.25) is 4.79 Å². The van der Waals surface area contributed by atoms with Crippen molar-refractivity contribution in [2.24, 2.45) is 5.73 Å². The number of amides is 1. The highest BCUT2D eigenvalue weighted by Crippen LogP contribution is 1.97. The predicted molar refractivity (Wildman–Crippen MR) is 58.5 cm³/mol. The molecule has 0 atom stereocenters. The fraction of sp³-hybridized carbons (Fsp3) is 0.545. The van der Waals surface area contributed by atoms with Crippen molar-refractivity contribution in [3.63, 3.8) is 0 Å². The third kappa shape index (κ3) is 8.82. The summed E-state index contributed by atoms with van der Waals surface area (Å²) in [5, 5.41) is 2.76. The number of unbranched alkanes of at least 4 members (excludes halogenated alkanes) is 2. The Labute approximate surface area is 85.7 Å². The van der Waals surface area contributed by atoms with E-state index in [2.05, 4.69) is 11.2 Å². The van der Waals surface area contributed by atoms with Gasteiger partial charge in [0, 0.05) is 25.9 Å². The van der Waals surface area contributed by atoms with Crippen LogP contribution in [0, 0.1) is 12.3 Å². The van der Waals surface area contributed by atoms with E-state index in [1.807, 2.05) is 12.2 Å². The lowest BCUT2D eigenvalue weighted by Crippen LogP contribution is -2.22. The molecule has 0 radical (unpaired) electrons. The van der Waals surface area contributed by atoms with Crippen LogP contribution in [0.3, 0.4) is 0 Å². The Balaban J connectivity index is 3.29. The first-order valence-electron chi connectivity index (χ1n) is 4.86. The first-order chi connectivity index (χ1) is 6.81. The zero-order valence-corrected chi connectivity index (χ0v) is 8.46. The van der Waals surface area contributed by atoms with Gasteiger partial charge in [-0.2, -0.15) is 0 Å². The van der Waals surface area contributed by atoms with Gasteiger partial charge in [-0.05, 0) is 12.8 Å². The van der Waals surface area contributed by atoms with Gasteiger partial charge >= 0.3 is 0 Å². The van der Waals surface area contributed by atoms with E-state index in [1.165, 1.54) is 0 Å². The van der Waals surface area contributed by atoms with Crippen molar-refractivity contribution in [3.05, 3.63) is 12.2 Å². The minimum Gasteiger partial charge on any atom is -0.353 e. The second-order valence-corrected chi connectivity index (χ2v) is 2.92. The van der Waals surface area contributed by atoms with Crippen LogP contribution in [0.1, 0.15) is 25.7 Å². The average Bonchev–Trinajstić information content (AvgIpc) is 2.19. The third-order valence-electron chi connectivity index (χ3n) is 1.69. The topological polar surface area (TPSA) is 55.1 Å². The van der Waals surface area contributed by atoms with E-state index in [1.54, 1.807) is 0 Å². The van der Waals surface area contributed by atoms with Gasteiger partial charge in [-0.25, -0.2) is 0 Å². The molecule has 0 aromatic carbocycles. The molecule has 0 aliphatic carbocycles. The molecule has 3 N–H and O–H groups in total. The van der Waals surface area contributed by atoms with Gasteiger partial charge in [0.15, 0.2) is 0 Å². The molecule has 0 rings (SSSR count). The van der Waals surface area contributed by atoms with Crippen LogP contribution in [0.15, 0.2) is 12.2 Å². The average molecular weight is 194 g/mol. The van der Waals surface area contributed by atoms with Gasteiger partial charge in [0.25, 0.3) is 0 Å². The lowest BCUT2D eigenvalue weighted by Gasteiger charge is -2.00. The second kappa shape index (κ2) is 9.82. The maximum absolute atomic E-state index is 11.1. The summed E-state index contributed by atoms with van der Waals surface area (Å²) in [4.78, 5) is 11.1. The van der Waals surface area contributed by atoms with Gasteiger partial charge in [0.2, 0.25) is 5.91 Å². The Hall–Kier alpha value is -1.27. The highest BCUT2D eigenvalue weighted by Gasteiger charge is 1.97. The lowest BCUT2D eigenvalue weighted by molar-refractivity contribution is -0.120. The summed E-state index contributed by atoms with van der Waals surface area (Å²) in [6.07, 6.45) is 11.8. The number of rotatable bonds is 7. The summed E-state index contributed by atoms with van der Waals surface area (Å²) >= 11 is 0. The minimum atomic E-state index is 0.0729. The van der Waals surface area contributed by atoms with Gasteiger partial charge in [-0.15, -0.1) is 12.3 Å². The zero-order chi connectivity index (χ0) is 10.6. The molecular weight excluding hydrogens is 176 g/mol. The molecule has 0 bridgehead atoms. The van der Waals surface area contributed by atoms with Crippen LogP contribution in [0.4, 0.5) is 0 Å². The Morgan fingerprint density at radius 2 is 2.21 bits per heavy atom. The fourth-order valence-electron chi connectivity index (χ4n) is 0.953. The van der Waals surface area contributed by atoms with Gasteiger partial charge < -0.3 is 11.1 Å². The highest BCUT2D eigenvalue weighted by molar-refractivity contribution is 5.75. The van der Waals surface area contributed by atoms with Crippen molar-refractivity contribution in [1.29, 1.82) is 0 Å². The second-order valence-electron chi connectivity index (χ2n) is 2.92. The van der Waals surface area contributed by atoms with E-state index in [4.69, 9.17) is 12.2 Å². The number of carbonyl (C=O) groups is 1. The number of hydrogen-bond donors (Lipinski definition) is 2. The fourth-order valence-corrected chi connectivity index (χ4v) is 0.953. The van der Waals surface area contributed by atoms with E-state index in [0.29, 0.717) is 19.5 Å². The molecule has 3 heteroatoms. The Bertz CT molecular complexity index is 216. The van der Waals surface area contributed by atoms with Crippen LogP contribution < -0.4 is 11.1 Å². The van der Waals surface area contributed by atoms with Gasteiger partial charge in [0.1, 0.15) is 0 Å². The maximum Gasteiger partial charge on any atom is 0.220 e. The van der Waals surface area contributed by atoms with Crippen LogP contribution in [0.5, 0.6) is 0 Å². The van der Waals surface area contributed by atoms with Crippen LogP contribution in [-0.2, 0) is 4.79 Å². The molecule has 78 valence electrons. The van der Waals surface area contributed by atoms with Crippen molar-refractivity contribution < 1.29 is 4.79 Å². The molecule has 0 aliphatic rings. The SMILES string of the molecule is C#CCCCCC(=O)NC/C=C/CN. The van der Waals surface area contributed by atoms with Crippen molar-refractivity contribution in [1.82, 2.24) is 5.32 Å². The number of carbonyl (C=O) groups excluding carboxylic acids is 1. The summed E-state index contributed by atoms with van der Waals surface area (Å²) in [6, 6.07) is 0. The molecule has 0 aromatic heterocycles. The molecule has 0 saturated heterocycles. The van der Waals surface area contributed by atoms with Gasteiger partial charge in [0.05, 0.1) is 0 Å². The molecule has 1 amide bonds. The lowest BCUT2D eigenvalue weighted by atomic mass is 10.2. The molecule has 0 saturated carbocycles. The number of nitrogens with two attached hydrogens (primary N) is 1. The molecule has 0 aromatic rings. The van der Waals surface area contributed by atoms with E-state index >= 15 is 0 Å². The molecule has 3 nitrogen and oxygen atoms in total. The Morgan fingerprint density at radius 3 is 2.86 bits per heavy atom. The standard InChI is InChI=1S/C11H18N2O/c1-2-3-4-5-8-11(14)13-10-7-6-9-12/h1,6-7H,3-5,8-10,12H2,(H,13,14)/b7-6+. The Kier molecular flexibility index (Phi) is 8.92. The largest absolute Gasteiger partial charge is 0.353 e. The Morgan fingerprint density at radius 1 is 1.43 bits per heavy atom. The molecular formula is C11H18N2O. The molecule has 0 fully saturated rings. The summed E-state index contributed by atoms with van der Waals surface area (Å²) in [7, 11) is 0. The molecule has 14 heavy (non-hydrogen) atoms. The summed E-state index contributed by atoms with van der Waals surface area (Å²) in [5.74, 6) is 2.62. The van der Waals surface area contributed by atoms with Crippen molar-refractivity contribution in [2.75, 3.05) is 13.1 Å². The monoisotopic (exact) mass is 194 g/mol. The molecule has 0 spiro atoms. The quantitative estimate of drug-likeness (QED) is 0.358. The molecule has 0 aliphatic heterocycles. The van der Waals surface area contributed by atoms with E-state index in [-0.39, 0.29) is 5.91 Å². The summed E-state index contributed by atoms with van der Waals surface area (Å²) in [5.41, 5.74) is 5.24. The van der Waals surface area contributed by atoms with E-state index < -0.39 is 0 Å². The summed E-state index contributed by atoms with van der Waals surface area (Å²) < 4.78 is 0. The number of hydrogen-bond acceptors (Lipinski definition) is 2. The van der Waals surface area contributed by atoms with E-state index in [9.17, 15) is 4.79 Å². The minimum absolute atomic E-state index is 0.0729. The first kappa shape index (κ1) is 12.7. The smallest absolute Gasteiger partial charge is 0.220 e. The summed E-state index contributed by atoms with van der Waals surface area (Å²) in [6.45, 7) is 1.07. The van der Waals surface area contributed by atoms with Gasteiger partial charge in [-0.1, -0.05) is 12.2 Å². The zero-order valence-electron chi connectivity index (χ0n) is 8.46. The van der Waals surface area contributed by atoms with Crippen molar-refractivity contribution >= 4 is 5.91 Å². The first-order valence-corrected chi connectivity index (χ1v) is 4.86. The van der Waals surface area contributed by atoms with Crippen LogP contribution >= 0.6 is 0 Å². The van der Waals surface area contributed by atoms with Crippen molar-refractivity contribution in [2.45, 2.75) is 25.7 Å². The number of nitrogens with one attached hydrogen (secondary N) is 1. The molecule has 0 heterocycles.